The molecule has 2 aromatic rings. The maximum absolute atomic E-state index is 11.9. The fourth-order valence-electron chi connectivity index (χ4n) is 2.22. The Kier molecular flexibility index (Phi) is 6.25. The van der Waals surface area contributed by atoms with Crippen LogP contribution in [0.3, 0.4) is 0 Å². The number of carbonyl (C=O) groups excluding carboxylic acids is 1. The molecule has 24 heavy (non-hydrogen) atoms. The molecule has 2 aromatic carbocycles. The first-order chi connectivity index (χ1) is 11.6. The van der Waals surface area contributed by atoms with E-state index in [1.807, 2.05) is 30.3 Å². The smallest absolute Gasteiger partial charge is 0.244 e. The average Bonchev–Trinajstić information content (AvgIpc) is 2.61. The van der Waals surface area contributed by atoms with Crippen LogP contribution < -0.4 is 14.8 Å². The first kappa shape index (κ1) is 17.4. The average molecular weight is 327 g/mol. The van der Waals surface area contributed by atoms with Crippen molar-refractivity contribution in [3.05, 3.63) is 59.7 Å². The van der Waals surface area contributed by atoms with Gasteiger partial charge in [0.05, 0.1) is 14.2 Å². The number of ether oxygens (including phenoxy) is 2. The molecule has 2 N–H and O–H groups in total. The van der Waals surface area contributed by atoms with Crippen LogP contribution in [-0.4, -0.2) is 31.8 Å². The van der Waals surface area contributed by atoms with Gasteiger partial charge in [-0.3, -0.25) is 4.79 Å². The number of methoxy groups -OCH3 is 2. The highest BCUT2D eigenvalue weighted by Crippen LogP contribution is 2.37. The van der Waals surface area contributed by atoms with Gasteiger partial charge in [-0.05, 0) is 35.8 Å². The molecular weight excluding hydrogens is 306 g/mol. The van der Waals surface area contributed by atoms with Gasteiger partial charge in [0.25, 0.3) is 0 Å². The Hall–Kier alpha value is -2.95. The minimum Gasteiger partial charge on any atom is -0.502 e. The normalized spacial score (nSPS) is 10.6. The highest BCUT2D eigenvalue weighted by Gasteiger charge is 2.10. The Bertz CT molecular complexity index is 686. The van der Waals surface area contributed by atoms with Crippen molar-refractivity contribution in [2.75, 3.05) is 20.8 Å². The summed E-state index contributed by atoms with van der Waals surface area (Å²) in [4.78, 5) is 11.9. The summed E-state index contributed by atoms with van der Waals surface area (Å²) in [6.07, 6.45) is 3.86. The number of rotatable bonds is 7. The van der Waals surface area contributed by atoms with Crippen LogP contribution in [0.5, 0.6) is 17.2 Å². The Labute approximate surface area is 141 Å². The number of carbonyl (C=O) groups is 1. The molecule has 0 aromatic heterocycles. The zero-order valence-electron chi connectivity index (χ0n) is 13.8. The summed E-state index contributed by atoms with van der Waals surface area (Å²) in [7, 11) is 2.91. The largest absolute Gasteiger partial charge is 0.502 e. The second kappa shape index (κ2) is 8.62. The lowest BCUT2D eigenvalue weighted by Gasteiger charge is -2.09. The van der Waals surface area contributed by atoms with Gasteiger partial charge in [-0.15, -0.1) is 0 Å². The van der Waals surface area contributed by atoms with Crippen LogP contribution in [0.15, 0.2) is 48.5 Å². The first-order valence-electron chi connectivity index (χ1n) is 7.59. The van der Waals surface area contributed by atoms with Crippen LogP contribution in [0.1, 0.15) is 11.1 Å². The SMILES string of the molecule is COc1cc(/C=C/C(=O)NCCc2ccccc2)cc(OC)c1O. The van der Waals surface area contributed by atoms with E-state index in [0.29, 0.717) is 23.6 Å². The number of hydrogen-bond acceptors (Lipinski definition) is 4. The van der Waals surface area contributed by atoms with E-state index in [4.69, 9.17) is 9.47 Å². The predicted octanol–water partition coefficient (Wildman–Crippen LogP) is 2.78. The van der Waals surface area contributed by atoms with E-state index < -0.39 is 0 Å². The van der Waals surface area contributed by atoms with Gasteiger partial charge in [0.15, 0.2) is 11.5 Å². The number of aromatic hydroxyl groups is 1. The summed E-state index contributed by atoms with van der Waals surface area (Å²) in [5.41, 5.74) is 1.87. The standard InChI is InChI=1S/C19H21NO4/c1-23-16-12-15(13-17(24-2)19(16)22)8-9-18(21)20-11-10-14-6-4-3-5-7-14/h3-9,12-13,22H,10-11H2,1-2H3,(H,20,21)/b9-8+. The predicted molar refractivity (Wildman–Crippen MR) is 93.4 cm³/mol. The number of amides is 1. The van der Waals surface area contributed by atoms with Gasteiger partial charge >= 0.3 is 0 Å². The quantitative estimate of drug-likeness (QED) is 0.767. The molecule has 0 saturated carbocycles. The Balaban J connectivity index is 1.93. The Morgan fingerprint density at radius 1 is 1.12 bits per heavy atom. The fourth-order valence-corrected chi connectivity index (χ4v) is 2.22. The summed E-state index contributed by atoms with van der Waals surface area (Å²) in [6.45, 7) is 0.565. The zero-order chi connectivity index (χ0) is 17.4. The lowest BCUT2D eigenvalue weighted by molar-refractivity contribution is -0.116. The topological polar surface area (TPSA) is 67.8 Å². The monoisotopic (exact) mass is 327 g/mol. The van der Waals surface area contributed by atoms with E-state index in [2.05, 4.69) is 5.32 Å². The minimum atomic E-state index is -0.183. The van der Waals surface area contributed by atoms with E-state index in [1.54, 1.807) is 18.2 Å². The van der Waals surface area contributed by atoms with Crippen LogP contribution in [0.4, 0.5) is 0 Å². The molecule has 126 valence electrons. The molecule has 0 fully saturated rings. The Morgan fingerprint density at radius 2 is 1.75 bits per heavy atom. The summed E-state index contributed by atoms with van der Waals surface area (Å²) >= 11 is 0. The number of nitrogens with one attached hydrogen (secondary N) is 1. The number of hydrogen-bond donors (Lipinski definition) is 2. The molecule has 0 bridgehead atoms. The van der Waals surface area contributed by atoms with Crippen LogP contribution in [0, 0.1) is 0 Å². The Morgan fingerprint density at radius 3 is 2.33 bits per heavy atom. The second-order valence-electron chi connectivity index (χ2n) is 5.13. The maximum atomic E-state index is 11.9. The van der Waals surface area contributed by atoms with Crippen molar-refractivity contribution in [2.24, 2.45) is 0 Å². The van der Waals surface area contributed by atoms with Crippen molar-refractivity contribution in [1.82, 2.24) is 5.32 Å². The minimum absolute atomic E-state index is 0.0653. The van der Waals surface area contributed by atoms with E-state index in [1.165, 1.54) is 25.9 Å². The number of phenols is 1. The molecule has 5 heteroatoms. The van der Waals surface area contributed by atoms with E-state index in [-0.39, 0.29) is 11.7 Å². The number of benzene rings is 2. The molecule has 5 nitrogen and oxygen atoms in total. The highest BCUT2D eigenvalue weighted by molar-refractivity contribution is 5.91. The van der Waals surface area contributed by atoms with Crippen molar-refractivity contribution < 1.29 is 19.4 Å². The third-order valence-corrected chi connectivity index (χ3v) is 3.49. The molecule has 1 amide bonds. The van der Waals surface area contributed by atoms with Crippen molar-refractivity contribution >= 4 is 12.0 Å². The summed E-state index contributed by atoms with van der Waals surface area (Å²) in [6, 6.07) is 13.2. The van der Waals surface area contributed by atoms with Gasteiger partial charge < -0.3 is 19.9 Å². The molecule has 0 aliphatic carbocycles. The van der Waals surface area contributed by atoms with Crippen molar-refractivity contribution in [2.45, 2.75) is 6.42 Å². The van der Waals surface area contributed by atoms with Crippen molar-refractivity contribution in [3.63, 3.8) is 0 Å². The molecule has 2 rings (SSSR count). The fraction of sp³-hybridized carbons (Fsp3) is 0.211. The van der Waals surface area contributed by atoms with Crippen molar-refractivity contribution in [1.29, 1.82) is 0 Å². The van der Waals surface area contributed by atoms with Gasteiger partial charge in [0.1, 0.15) is 0 Å². The van der Waals surface area contributed by atoms with Crippen LogP contribution in [-0.2, 0) is 11.2 Å². The second-order valence-corrected chi connectivity index (χ2v) is 5.13. The highest BCUT2D eigenvalue weighted by atomic mass is 16.5. The van der Waals surface area contributed by atoms with Gasteiger partial charge in [-0.2, -0.15) is 0 Å². The lowest BCUT2D eigenvalue weighted by Crippen LogP contribution is -2.23. The number of phenolic OH excluding ortho intramolecular Hbond substituents is 1. The molecular formula is C19H21NO4. The third kappa shape index (κ3) is 4.78. The zero-order valence-corrected chi connectivity index (χ0v) is 13.8. The lowest BCUT2D eigenvalue weighted by atomic mass is 10.1. The third-order valence-electron chi connectivity index (χ3n) is 3.49. The van der Waals surface area contributed by atoms with Gasteiger partial charge in [0, 0.05) is 12.6 Å². The maximum Gasteiger partial charge on any atom is 0.244 e. The van der Waals surface area contributed by atoms with Crippen LogP contribution in [0.2, 0.25) is 0 Å². The van der Waals surface area contributed by atoms with Crippen LogP contribution >= 0.6 is 0 Å². The van der Waals surface area contributed by atoms with E-state index in [9.17, 15) is 9.90 Å². The van der Waals surface area contributed by atoms with E-state index >= 15 is 0 Å². The molecule has 0 aliphatic rings. The van der Waals surface area contributed by atoms with Crippen LogP contribution in [0.25, 0.3) is 6.08 Å². The molecule has 0 saturated heterocycles. The first-order valence-corrected chi connectivity index (χ1v) is 7.59. The molecule has 0 spiro atoms. The molecule has 0 heterocycles. The molecule has 0 atom stereocenters. The van der Waals surface area contributed by atoms with Gasteiger partial charge in [-0.25, -0.2) is 0 Å². The summed E-state index contributed by atoms with van der Waals surface area (Å²) in [5, 5.41) is 12.7. The molecule has 0 unspecified atom stereocenters. The van der Waals surface area contributed by atoms with Gasteiger partial charge in [-0.1, -0.05) is 30.3 Å². The summed E-state index contributed by atoms with van der Waals surface area (Å²) in [5.74, 6) is 0.332. The molecule has 0 radical (unpaired) electrons. The van der Waals surface area contributed by atoms with E-state index in [0.717, 1.165) is 6.42 Å². The van der Waals surface area contributed by atoms with Gasteiger partial charge in [0.2, 0.25) is 11.7 Å². The van der Waals surface area contributed by atoms with Crippen molar-refractivity contribution in [3.8, 4) is 17.2 Å². The molecule has 0 aliphatic heterocycles. The summed E-state index contributed by atoms with van der Waals surface area (Å²) < 4.78 is 10.2.